The van der Waals surface area contributed by atoms with Crippen LogP contribution in [0.1, 0.15) is 30.7 Å². The zero-order valence-corrected chi connectivity index (χ0v) is 16.2. The third-order valence-electron chi connectivity index (χ3n) is 4.59. The van der Waals surface area contributed by atoms with Crippen molar-refractivity contribution in [2.24, 2.45) is 5.92 Å². The van der Waals surface area contributed by atoms with Gasteiger partial charge in [-0.1, -0.05) is 26.0 Å². The number of pyridine rings is 1. The highest BCUT2D eigenvalue weighted by molar-refractivity contribution is 5.93. The summed E-state index contributed by atoms with van der Waals surface area (Å²) in [6, 6.07) is 6.01. The first-order valence-electron chi connectivity index (χ1n) is 8.96. The maximum atomic E-state index is 13.1. The minimum Gasteiger partial charge on any atom is -0.471 e. The maximum Gasteiger partial charge on any atom is 0.299 e. The van der Waals surface area contributed by atoms with Crippen LogP contribution in [0.4, 0.5) is 4.39 Å². The van der Waals surface area contributed by atoms with Gasteiger partial charge >= 0.3 is 0 Å². The zero-order valence-electron chi connectivity index (χ0n) is 16.2. The zero-order chi connectivity index (χ0) is 20.4. The van der Waals surface area contributed by atoms with Crippen LogP contribution < -0.4 is 9.57 Å². The lowest BCUT2D eigenvalue weighted by atomic mass is 10.2. The van der Waals surface area contributed by atoms with Gasteiger partial charge in [0.05, 0.1) is 6.20 Å². The van der Waals surface area contributed by atoms with Crippen molar-refractivity contribution in [1.82, 2.24) is 9.55 Å². The van der Waals surface area contributed by atoms with E-state index in [-0.39, 0.29) is 18.2 Å². The molecule has 0 radical (unpaired) electrons. The van der Waals surface area contributed by atoms with Crippen LogP contribution in [0.15, 0.2) is 30.5 Å². The van der Waals surface area contributed by atoms with Gasteiger partial charge in [-0.15, -0.1) is 10.1 Å². The van der Waals surface area contributed by atoms with Crippen molar-refractivity contribution in [2.75, 3.05) is 0 Å². The van der Waals surface area contributed by atoms with Gasteiger partial charge in [0.1, 0.15) is 17.9 Å². The van der Waals surface area contributed by atoms with Crippen molar-refractivity contribution in [3.8, 4) is 11.6 Å². The quantitative estimate of drug-likeness (QED) is 0.437. The van der Waals surface area contributed by atoms with Crippen molar-refractivity contribution >= 4 is 10.9 Å². The summed E-state index contributed by atoms with van der Waals surface area (Å²) in [7, 11) is 0. The van der Waals surface area contributed by atoms with E-state index in [0.29, 0.717) is 29.2 Å². The number of aryl methyl sites for hydroxylation is 1. The molecule has 1 aromatic carbocycles. The van der Waals surface area contributed by atoms with E-state index >= 15 is 0 Å². The topological polar surface area (TPSA) is 79.4 Å². The van der Waals surface area contributed by atoms with Crippen LogP contribution in [0.5, 0.6) is 11.6 Å². The van der Waals surface area contributed by atoms with Gasteiger partial charge in [-0.2, -0.15) is 0 Å². The Balaban J connectivity index is 2.09. The lowest BCUT2D eigenvalue weighted by molar-refractivity contribution is -0.710. The molecule has 7 nitrogen and oxygen atoms in total. The second-order valence-electron chi connectivity index (χ2n) is 7.10. The van der Waals surface area contributed by atoms with Crippen molar-refractivity contribution in [3.63, 3.8) is 0 Å². The molecule has 2 aromatic heterocycles. The largest absolute Gasteiger partial charge is 0.471 e. The van der Waals surface area contributed by atoms with E-state index in [4.69, 9.17) is 9.57 Å². The van der Waals surface area contributed by atoms with Crippen LogP contribution >= 0.6 is 0 Å². The van der Waals surface area contributed by atoms with Gasteiger partial charge in [-0.3, -0.25) is 4.84 Å². The summed E-state index contributed by atoms with van der Waals surface area (Å²) >= 11 is 0. The molecule has 8 heteroatoms. The first kappa shape index (κ1) is 19.6. The standard InChI is InChI=1S/C20H22FN3O4/c1-12(2)10-23-14(4)13(3)18-17(28-24(25)26)9-22-20(19(18)23)27-11-15-5-7-16(21)8-6-15/h5-9,12H,10-11H2,1-4H3. The van der Waals surface area contributed by atoms with Crippen LogP contribution in [0, 0.1) is 35.7 Å². The maximum absolute atomic E-state index is 13.1. The number of hydrogen-bond donors (Lipinski definition) is 0. The van der Waals surface area contributed by atoms with Gasteiger partial charge in [0, 0.05) is 17.6 Å². The molecule has 0 aliphatic carbocycles. The predicted octanol–water partition coefficient (Wildman–Crippen LogP) is 4.60. The van der Waals surface area contributed by atoms with Crippen molar-refractivity contribution in [2.45, 2.75) is 40.8 Å². The number of ether oxygens (including phenoxy) is 1. The highest BCUT2D eigenvalue weighted by atomic mass is 19.1. The molecule has 3 aromatic rings. The number of aromatic nitrogens is 2. The van der Waals surface area contributed by atoms with Gasteiger partial charge in [-0.05, 0) is 43.0 Å². The van der Waals surface area contributed by atoms with Crippen LogP contribution in [-0.4, -0.2) is 14.6 Å². The number of hydrogen-bond acceptors (Lipinski definition) is 5. The number of benzene rings is 1. The van der Waals surface area contributed by atoms with E-state index in [0.717, 1.165) is 16.8 Å². The molecule has 0 unspecified atom stereocenters. The van der Waals surface area contributed by atoms with Gasteiger partial charge in [0.15, 0.2) is 5.75 Å². The normalized spacial score (nSPS) is 11.2. The molecule has 0 fully saturated rings. The van der Waals surface area contributed by atoms with E-state index in [2.05, 4.69) is 23.4 Å². The Morgan fingerprint density at radius 3 is 2.54 bits per heavy atom. The second kappa shape index (κ2) is 7.84. The molecule has 0 aliphatic heterocycles. The molecule has 28 heavy (non-hydrogen) atoms. The Morgan fingerprint density at radius 1 is 1.25 bits per heavy atom. The summed E-state index contributed by atoms with van der Waals surface area (Å²) in [4.78, 5) is 19.9. The SMILES string of the molecule is Cc1c(C)n(CC(C)C)c2c(OCc3ccc(F)cc3)ncc(O[N+](=O)[O-])c12. The molecule has 0 saturated carbocycles. The fourth-order valence-electron chi connectivity index (χ4n) is 3.21. The monoisotopic (exact) mass is 387 g/mol. The Kier molecular flexibility index (Phi) is 5.48. The molecule has 0 bridgehead atoms. The number of nitrogens with zero attached hydrogens (tertiary/aromatic N) is 3. The fraction of sp³-hybridized carbons (Fsp3) is 0.350. The van der Waals surface area contributed by atoms with Gasteiger partial charge in [0.25, 0.3) is 5.09 Å². The first-order valence-corrected chi connectivity index (χ1v) is 8.96. The minimum atomic E-state index is -0.843. The third-order valence-corrected chi connectivity index (χ3v) is 4.59. The highest BCUT2D eigenvalue weighted by Gasteiger charge is 2.22. The minimum absolute atomic E-state index is 0.0808. The summed E-state index contributed by atoms with van der Waals surface area (Å²) < 4.78 is 21.1. The Hall–Kier alpha value is -3.16. The van der Waals surface area contributed by atoms with E-state index in [1.807, 2.05) is 13.8 Å². The smallest absolute Gasteiger partial charge is 0.299 e. The molecule has 0 amide bonds. The van der Waals surface area contributed by atoms with Gasteiger partial charge < -0.3 is 9.30 Å². The van der Waals surface area contributed by atoms with Gasteiger partial charge in [0.2, 0.25) is 5.88 Å². The third kappa shape index (κ3) is 3.90. The van der Waals surface area contributed by atoms with Gasteiger partial charge in [-0.25, -0.2) is 9.37 Å². The van der Waals surface area contributed by atoms with Crippen molar-refractivity contribution in [3.05, 3.63) is 63.2 Å². The van der Waals surface area contributed by atoms with E-state index in [1.165, 1.54) is 18.3 Å². The van der Waals surface area contributed by atoms with E-state index in [1.54, 1.807) is 12.1 Å². The summed E-state index contributed by atoms with van der Waals surface area (Å²) in [5, 5.41) is 10.7. The van der Waals surface area contributed by atoms with Crippen LogP contribution in [0.3, 0.4) is 0 Å². The predicted molar refractivity (Wildman–Crippen MR) is 102 cm³/mol. The first-order chi connectivity index (χ1) is 13.3. The molecule has 3 rings (SSSR count). The summed E-state index contributed by atoms with van der Waals surface area (Å²) in [5.74, 6) is 0.463. The molecule has 0 spiro atoms. The van der Waals surface area contributed by atoms with Crippen LogP contribution in [0.25, 0.3) is 10.9 Å². The lowest BCUT2D eigenvalue weighted by Crippen LogP contribution is -2.09. The summed E-state index contributed by atoms with van der Waals surface area (Å²) in [6.07, 6.45) is 1.30. The summed E-state index contributed by atoms with van der Waals surface area (Å²) in [5.41, 5.74) is 3.29. The lowest BCUT2D eigenvalue weighted by Gasteiger charge is -2.14. The molecule has 0 saturated heterocycles. The number of rotatable bonds is 7. The number of halogens is 1. The van der Waals surface area contributed by atoms with Crippen LogP contribution in [-0.2, 0) is 13.2 Å². The fourth-order valence-corrected chi connectivity index (χ4v) is 3.21. The van der Waals surface area contributed by atoms with Crippen LogP contribution in [0.2, 0.25) is 0 Å². The molecule has 148 valence electrons. The number of fused-ring (bicyclic) bond motifs is 1. The summed E-state index contributed by atoms with van der Waals surface area (Å²) in [6.45, 7) is 8.92. The Bertz CT molecular complexity index is 1010. The van der Waals surface area contributed by atoms with Crippen molar-refractivity contribution < 1.29 is 19.1 Å². The Labute approximate surface area is 161 Å². The highest BCUT2D eigenvalue weighted by Crippen LogP contribution is 2.38. The molecule has 0 aliphatic rings. The van der Waals surface area contributed by atoms with E-state index < -0.39 is 5.09 Å². The average molecular weight is 387 g/mol. The molecular formula is C20H22FN3O4. The van der Waals surface area contributed by atoms with E-state index in [9.17, 15) is 14.5 Å². The Morgan fingerprint density at radius 2 is 1.93 bits per heavy atom. The molecule has 0 atom stereocenters. The molecular weight excluding hydrogens is 365 g/mol. The average Bonchev–Trinajstić information content (AvgIpc) is 2.87. The molecule has 0 N–H and O–H groups in total. The van der Waals surface area contributed by atoms with Crippen molar-refractivity contribution in [1.29, 1.82) is 0 Å². The second-order valence-corrected chi connectivity index (χ2v) is 7.10. The molecule has 2 heterocycles.